The number of rotatable bonds is 9. The zero-order valence-electron chi connectivity index (χ0n) is 18.1. The van der Waals surface area contributed by atoms with Crippen LogP contribution in [0.1, 0.15) is 72.1 Å². The molecule has 1 aliphatic carbocycles. The van der Waals surface area contributed by atoms with E-state index in [1.807, 2.05) is 20.8 Å². The average molecular weight is 512 g/mol. The molecule has 0 heterocycles. The van der Waals surface area contributed by atoms with E-state index in [0.717, 1.165) is 32.0 Å². The van der Waals surface area contributed by atoms with Crippen LogP contribution in [0.3, 0.4) is 0 Å². The molecule has 1 rings (SSSR count). The Labute approximate surface area is 188 Å². The van der Waals surface area contributed by atoms with Gasteiger partial charge in [-0.1, -0.05) is 25.7 Å². The van der Waals surface area contributed by atoms with E-state index >= 15 is 0 Å². The molecule has 1 aliphatic rings. The molecule has 0 saturated heterocycles. The summed E-state index contributed by atoms with van der Waals surface area (Å²) < 4.78 is 11.2. The maximum Gasteiger partial charge on any atom is 0.407 e. The van der Waals surface area contributed by atoms with Crippen LogP contribution in [0.2, 0.25) is 0 Å². The number of ether oxygens (including phenoxy) is 2. The molecule has 1 saturated carbocycles. The average Bonchev–Trinajstić information content (AvgIpc) is 2.87. The Hall–Kier alpha value is -0.770. The topological polar surface area (TPSA) is 84.0 Å². The number of carbonyl (C=O) groups is 1. The Bertz CT molecular complexity index is 434. The van der Waals surface area contributed by atoms with Gasteiger partial charge in [-0.15, -0.1) is 24.0 Å². The van der Waals surface area contributed by atoms with Crippen LogP contribution in [0.15, 0.2) is 4.99 Å². The Balaban J connectivity index is 0.00000729. The molecule has 7 nitrogen and oxygen atoms in total. The number of nitrogens with one attached hydrogen (secondary N) is 3. The molecule has 0 aromatic carbocycles. The van der Waals surface area contributed by atoms with Gasteiger partial charge in [0.05, 0.1) is 6.10 Å². The van der Waals surface area contributed by atoms with Crippen LogP contribution in [0, 0.1) is 0 Å². The predicted molar refractivity (Wildman–Crippen MR) is 126 cm³/mol. The van der Waals surface area contributed by atoms with Crippen LogP contribution in [-0.4, -0.2) is 57.0 Å². The number of aliphatic imine (C=N–C) groups is 1. The van der Waals surface area contributed by atoms with Gasteiger partial charge >= 0.3 is 6.09 Å². The fraction of sp³-hybridized carbons (Fsp3) is 0.900. The van der Waals surface area contributed by atoms with Gasteiger partial charge in [0.15, 0.2) is 5.96 Å². The van der Waals surface area contributed by atoms with Crippen molar-refractivity contribution in [2.24, 2.45) is 4.99 Å². The lowest BCUT2D eigenvalue weighted by atomic mass is 10.1. The summed E-state index contributed by atoms with van der Waals surface area (Å²) in [7, 11) is 1.74. The number of halogens is 1. The molecule has 0 aliphatic heterocycles. The van der Waals surface area contributed by atoms with E-state index in [9.17, 15) is 4.79 Å². The van der Waals surface area contributed by atoms with E-state index in [2.05, 4.69) is 20.9 Å². The van der Waals surface area contributed by atoms with Gasteiger partial charge in [-0.25, -0.2) is 4.79 Å². The molecule has 8 heteroatoms. The first-order chi connectivity index (χ1) is 12.9. The Morgan fingerprint density at radius 2 is 1.57 bits per heavy atom. The molecule has 1 fully saturated rings. The quantitative estimate of drug-likeness (QED) is 0.144. The minimum atomic E-state index is -0.477. The van der Waals surface area contributed by atoms with Crippen molar-refractivity contribution in [3.8, 4) is 0 Å². The van der Waals surface area contributed by atoms with Crippen molar-refractivity contribution < 1.29 is 14.3 Å². The molecule has 3 N–H and O–H groups in total. The van der Waals surface area contributed by atoms with E-state index in [4.69, 9.17) is 9.47 Å². The fourth-order valence-electron chi connectivity index (χ4n) is 2.97. The maximum atomic E-state index is 11.6. The zero-order valence-corrected chi connectivity index (χ0v) is 20.5. The van der Waals surface area contributed by atoms with Crippen LogP contribution in [0.5, 0.6) is 0 Å². The Morgan fingerprint density at radius 3 is 2.18 bits per heavy atom. The monoisotopic (exact) mass is 512 g/mol. The van der Waals surface area contributed by atoms with Gasteiger partial charge in [-0.05, 0) is 46.5 Å². The number of carbonyl (C=O) groups excluding carboxylic acids is 1. The zero-order chi connectivity index (χ0) is 20.0. The lowest BCUT2D eigenvalue weighted by molar-refractivity contribution is 0.0411. The summed E-state index contributed by atoms with van der Waals surface area (Å²) in [5.74, 6) is 0.741. The van der Waals surface area contributed by atoms with Gasteiger partial charge in [-0.3, -0.25) is 4.99 Å². The first kappa shape index (κ1) is 27.2. The van der Waals surface area contributed by atoms with Crippen molar-refractivity contribution in [2.45, 2.75) is 83.8 Å². The standard InChI is InChI=1S/C20H40N4O3.HI/c1-20(2,3)27-19(25)24-15-14-23-18(21-4)22-13-9-10-16-26-17-11-7-5-6-8-12-17;/h17H,5-16H2,1-4H3,(H,24,25)(H2,21,22,23);1H. The summed E-state index contributed by atoms with van der Waals surface area (Å²) in [5.41, 5.74) is -0.477. The van der Waals surface area contributed by atoms with Crippen LogP contribution >= 0.6 is 24.0 Å². The van der Waals surface area contributed by atoms with Crippen LogP contribution < -0.4 is 16.0 Å². The summed E-state index contributed by atoms with van der Waals surface area (Å²) in [6, 6.07) is 0. The number of hydrogen-bond donors (Lipinski definition) is 3. The molecular formula is C20H41IN4O3. The fourth-order valence-corrected chi connectivity index (χ4v) is 2.97. The first-order valence-corrected chi connectivity index (χ1v) is 10.4. The lowest BCUT2D eigenvalue weighted by Gasteiger charge is -2.20. The number of hydrogen-bond acceptors (Lipinski definition) is 4. The molecule has 0 bridgehead atoms. The molecule has 28 heavy (non-hydrogen) atoms. The summed E-state index contributed by atoms with van der Waals surface area (Å²) in [6.07, 6.45) is 10.00. The molecule has 0 unspecified atom stereocenters. The summed E-state index contributed by atoms with van der Waals surface area (Å²) >= 11 is 0. The smallest absolute Gasteiger partial charge is 0.407 e. The maximum absolute atomic E-state index is 11.6. The highest BCUT2D eigenvalue weighted by Crippen LogP contribution is 2.19. The van der Waals surface area contributed by atoms with E-state index in [0.29, 0.717) is 19.2 Å². The number of alkyl carbamates (subject to hydrolysis) is 1. The van der Waals surface area contributed by atoms with Crippen LogP contribution in [-0.2, 0) is 9.47 Å². The molecule has 0 aromatic rings. The molecule has 0 spiro atoms. The van der Waals surface area contributed by atoms with Gasteiger partial charge in [0.25, 0.3) is 0 Å². The van der Waals surface area contributed by atoms with E-state index in [-0.39, 0.29) is 24.0 Å². The number of nitrogens with zero attached hydrogens (tertiary/aromatic N) is 1. The highest BCUT2D eigenvalue weighted by molar-refractivity contribution is 14.0. The molecular weight excluding hydrogens is 471 g/mol. The van der Waals surface area contributed by atoms with Crippen molar-refractivity contribution in [1.29, 1.82) is 0 Å². The third kappa shape index (κ3) is 15.2. The molecule has 0 radical (unpaired) electrons. The van der Waals surface area contributed by atoms with Gasteiger partial charge in [0, 0.05) is 33.3 Å². The predicted octanol–water partition coefficient (Wildman–Crippen LogP) is 3.81. The molecule has 0 atom stereocenters. The van der Waals surface area contributed by atoms with Gasteiger partial charge in [0.2, 0.25) is 0 Å². The van der Waals surface area contributed by atoms with Crippen molar-refractivity contribution in [3.63, 3.8) is 0 Å². The van der Waals surface area contributed by atoms with Gasteiger partial charge < -0.3 is 25.4 Å². The Kier molecular flexibility index (Phi) is 15.6. The van der Waals surface area contributed by atoms with Gasteiger partial charge in [0.1, 0.15) is 5.60 Å². The number of unbranched alkanes of at least 4 members (excludes halogenated alkanes) is 1. The normalized spacial score (nSPS) is 15.9. The Morgan fingerprint density at radius 1 is 0.964 bits per heavy atom. The number of guanidine groups is 1. The first-order valence-electron chi connectivity index (χ1n) is 10.4. The van der Waals surface area contributed by atoms with E-state index < -0.39 is 11.7 Å². The third-order valence-electron chi connectivity index (χ3n) is 4.33. The summed E-state index contributed by atoms with van der Waals surface area (Å²) in [5, 5.41) is 9.17. The molecule has 166 valence electrons. The van der Waals surface area contributed by atoms with Crippen molar-refractivity contribution >= 4 is 36.0 Å². The second-order valence-corrected chi connectivity index (χ2v) is 8.05. The van der Waals surface area contributed by atoms with E-state index in [1.165, 1.54) is 38.5 Å². The highest BCUT2D eigenvalue weighted by Gasteiger charge is 2.15. The van der Waals surface area contributed by atoms with Crippen molar-refractivity contribution in [1.82, 2.24) is 16.0 Å². The second-order valence-electron chi connectivity index (χ2n) is 8.05. The largest absolute Gasteiger partial charge is 0.444 e. The van der Waals surface area contributed by atoms with Crippen LogP contribution in [0.4, 0.5) is 4.79 Å². The van der Waals surface area contributed by atoms with Crippen LogP contribution in [0.25, 0.3) is 0 Å². The number of amides is 1. The van der Waals surface area contributed by atoms with Gasteiger partial charge in [-0.2, -0.15) is 0 Å². The molecule has 0 aromatic heterocycles. The van der Waals surface area contributed by atoms with Crippen molar-refractivity contribution in [2.75, 3.05) is 33.3 Å². The molecule has 1 amide bonds. The highest BCUT2D eigenvalue weighted by atomic mass is 127. The SMILES string of the molecule is CN=C(NCCCCOC1CCCCCC1)NCCNC(=O)OC(C)(C)C.I. The third-order valence-corrected chi connectivity index (χ3v) is 4.33. The van der Waals surface area contributed by atoms with E-state index in [1.54, 1.807) is 7.05 Å². The minimum absolute atomic E-state index is 0. The lowest BCUT2D eigenvalue weighted by Crippen LogP contribution is -2.42. The second kappa shape index (κ2) is 16.1. The minimum Gasteiger partial charge on any atom is -0.444 e. The van der Waals surface area contributed by atoms with Crippen molar-refractivity contribution in [3.05, 3.63) is 0 Å². The summed E-state index contributed by atoms with van der Waals surface area (Å²) in [4.78, 5) is 15.7. The summed E-state index contributed by atoms with van der Waals surface area (Å²) in [6.45, 7) is 8.30.